The van der Waals surface area contributed by atoms with E-state index in [4.69, 9.17) is 0 Å². The maximum absolute atomic E-state index is 13.5. The second kappa shape index (κ2) is 6.46. The van der Waals surface area contributed by atoms with Gasteiger partial charge in [-0.1, -0.05) is 48.5 Å². The number of hydrogen-bond acceptors (Lipinski definition) is 2. The van der Waals surface area contributed by atoms with Crippen LogP contribution in [0.3, 0.4) is 0 Å². The first-order valence-corrected chi connectivity index (χ1v) is 8.25. The molecule has 0 saturated heterocycles. The Bertz CT molecular complexity index is 942. The molecule has 2 heterocycles. The Morgan fingerprint density at radius 3 is 2.23 bits per heavy atom. The normalized spacial score (nSPS) is 15.9. The highest BCUT2D eigenvalue weighted by Gasteiger charge is 2.40. The van der Waals surface area contributed by atoms with Crippen LogP contribution in [0, 0.1) is 0 Å². The van der Waals surface area contributed by atoms with Crippen molar-refractivity contribution in [1.82, 2.24) is 15.1 Å². The van der Waals surface area contributed by atoms with Crippen LogP contribution in [0.4, 0.5) is 13.2 Å². The maximum Gasteiger partial charge on any atom is 0.435 e. The fourth-order valence-electron chi connectivity index (χ4n) is 3.21. The molecule has 3 aromatic rings. The molecule has 2 aromatic carbocycles. The Morgan fingerprint density at radius 2 is 1.58 bits per heavy atom. The summed E-state index contributed by atoms with van der Waals surface area (Å²) in [4.78, 5) is 0. The van der Waals surface area contributed by atoms with E-state index in [-0.39, 0.29) is 12.1 Å². The fraction of sp³-hybridized carbons (Fsp3) is 0.150. The zero-order chi connectivity index (χ0) is 18.1. The summed E-state index contributed by atoms with van der Waals surface area (Å²) in [5.74, 6) is 0. The van der Waals surface area contributed by atoms with E-state index in [1.807, 2.05) is 42.5 Å². The SMILES string of the molecule is FC(F)(F)c1nn(-c2ccccc2)c2c1CNC/C2=C\c1ccccc1. The number of benzene rings is 2. The summed E-state index contributed by atoms with van der Waals surface area (Å²) in [6.45, 7) is 0.626. The first-order valence-electron chi connectivity index (χ1n) is 8.25. The van der Waals surface area contributed by atoms with Gasteiger partial charge < -0.3 is 5.32 Å². The second-order valence-corrected chi connectivity index (χ2v) is 6.10. The fourth-order valence-corrected chi connectivity index (χ4v) is 3.21. The number of para-hydroxylation sites is 1. The summed E-state index contributed by atoms with van der Waals surface area (Å²) in [6.07, 6.45) is -2.59. The highest BCUT2D eigenvalue weighted by Crippen LogP contribution is 2.37. The van der Waals surface area contributed by atoms with Gasteiger partial charge >= 0.3 is 6.18 Å². The van der Waals surface area contributed by atoms with E-state index in [0.717, 1.165) is 11.1 Å². The first kappa shape index (κ1) is 16.6. The summed E-state index contributed by atoms with van der Waals surface area (Å²) in [5.41, 5.74) is 2.21. The van der Waals surface area contributed by atoms with Gasteiger partial charge in [-0.25, -0.2) is 4.68 Å². The van der Waals surface area contributed by atoms with Crippen molar-refractivity contribution in [3.05, 3.63) is 83.2 Å². The van der Waals surface area contributed by atoms with Crippen molar-refractivity contribution in [2.24, 2.45) is 0 Å². The molecular formula is C20H16F3N3. The Kier molecular flexibility index (Phi) is 4.12. The van der Waals surface area contributed by atoms with Crippen LogP contribution in [-0.2, 0) is 12.7 Å². The van der Waals surface area contributed by atoms with Gasteiger partial charge in [0.1, 0.15) is 0 Å². The standard InChI is InChI=1S/C20H16F3N3/c21-20(22,23)19-17-13-24-12-15(11-14-7-3-1-4-8-14)18(17)26(25-19)16-9-5-2-6-10-16/h1-11,24H,12-13H2/b15-11+. The average molecular weight is 355 g/mol. The van der Waals surface area contributed by atoms with Gasteiger partial charge in [0, 0.05) is 18.7 Å². The molecule has 6 heteroatoms. The van der Waals surface area contributed by atoms with Crippen molar-refractivity contribution in [3.63, 3.8) is 0 Å². The third kappa shape index (κ3) is 3.04. The molecule has 26 heavy (non-hydrogen) atoms. The average Bonchev–Trinajstić information content (AvgIpc) is 3.04. The van der Waals surface area contributed by atoms with E-state index in [2.05, 4.69) is 10.4 Å². The lowest BCUT2D eigenvalue weighted by atomic mass is 9.99. The molecule has 0 unspecified atom stereocenters. The van der Waals surface area contributed by atoms with E-state index in [0.29, 0.717) is 17.9 Å². The molecular weight excluding hydrogens is 339 g/mol. The van der Waals surface area contributed by atoms with Crippen molar-refractivity contribution in [2.45, 2.75) is 12.7 Å². The predicted octanol–water partition coefficient (Wildman–Crippen LogP) is 4.53. The van der Waals surface area contributed by atoms with Gasteiger partial charge in [-0.05, 0) is 29.3 Å². The smallest absolute Gasteiger partial charge is 0.308 e. The quantitative estimate of drug-likeness (QED) is 0.732. The number of alkyl halides is 3. The van der Waals surface area contributed by atoms with Crippen LogP contribution < -0.4 is 5.32 Å². The molecule has 0 bridgehead atoms. The minimum atomic E-state index is -4.50. The molecule has 4 rings (SSSR count). The number of halogens is 3. The minimum Gasteiger partial charge on any atom is -0.308 e. The lowest BCUT2D eigenvalue weighted by Crippen LogP contribution is -2.25. The second-order valence-electron chi connectivity index (χ2n) is 6.10. The number of hydrogen-bond donors (Lipinski definition) is 1. The molecule has 1 aromatic heterocycles. The molecule has 0 radical (unpaired) electrons. The van der Waals surface area contributed by atoms with Crippen molar-refractivity contribution < 1.29 is 13.2 Å². The molecule has 0 saturated carbocycles. The Morgan fingerprint density at radius 1 is 0.923 bits per heavy atom. The van der Waals surface area contributed by atoms with E-state index >= 15 is 0 Å². The molecule has 0 atom stereocenters. The third-order valence-electron chi connectivity index (χ3n) is 4.31. The van der Waals surface area contributed by atoms with Crippen LogP contribution in [0.25, 0.3) is 17.3 Å². The van der Waals surface area contributed by atoms with Crippen molar-refractivity contribution in [2.75, 3.05) is 6.54 Å². The molecule has 0 fully saturated rings. The Labute approximate surface area is 148 Å². The highest BCUT2D eigenvalue weighted by molar-refractivity contribution is 5.84. The van der Waals surface area contributed by atoms with Gasteiger partial charge in [-0.15, -0.1) is 0 Å². The molecule has 1 N–H and O–H groups in total. The van der Waals surface area contributed by atoms with Crippen LogP contribution in [0.1, 0.15) is 22.5 Å². The minimum absolute atomic E-state index is 0.142. The van der Waals surface area contributed by atoms with Gasteiger partial charge in [0.15, 0.2) is 5.69 Å². The topological polar surface area (TPSA) is 29.9 Å². The molecule has 0 spiro atoms. The van der Waals surface area contributed by atoms with E-state index < -0.39 is 11.9 Å². The largest absolute Gasteiger partial charge is 0.435 e. The number of rotatable bonds is 2. The van der Waals surface area contributed by atoms with Crippen molar-refractivity contribution in [1.29, 1.82) is 0 Å². The number of fused-ring (bicyclic) bond motifs is 1. The summed E-state index contributed by atoms with van der Waals surface area (Å²) in [7, 11) is 0. The van der Waals surface area contributed by atoms with Crippen LogP contribution in [-0.4, -0.2) is 16.3 Å². The molecule has 1 aliphatic heterocycles. The zero-order valence-corrected chi connectivity index (χ0v) is 13.8. The van der Waals surface area contributed by atoms with Gasteiger partial charge in [0.2, 0.25) is 0 Å². The summed E-state index contributed by atoms with van der Waals surface area (Å²) >= 11 is 0. The van der Waals surface area contributed by atoms with E-state index in [9.17, 15) is 13.2 Å². The number of nitrogens with one attached hydrogen (secondary N) is 1. The molecule has 132 valence electrons. The van der Waals surface area contributed by atoms with Crippen LogP contribution in [0.5, 0.6) is 0 Å². The van der Waals surface area contributed by atoms with Crippen molar-refractivity contribution >= 4 is 11.6 Å². The molecule has 1 aliphatic rings. The molecule has 3 nitrogen and oxygen atoms in total. The number of nitrogens with zero attached hydrogens (tertiary/aromatic N) is 2. The predicted molar refractivity (Wildman–Crippen MR) is 94.6 cm³/mol. The Balaban J connectivity index is 1.94. The summed E-state index contributed by atoms with van der Waals surface area (Å²) < 4.78 is 42.0. The summed E-state index contributed by atoms with van der Waals surface area (Å²) in [5, 5.41) is 7.00. The van der Waals surface area contributed by atoms with Gasteiger partial charge in [-0.3, -0.25) is 0 Å². The summed E-state index contributed by atoms with van der Waals surface area (Å²) in [6, 6.07) is 18.5. The third-order valence-corrected chi connectivity index (χ3v) is 4.31. The van der Waals surface area contributed by atoms with Gasteiger partial charge in [0.25, 0.3) is 0 Å². The first-order chi connectivity index (χ1) is 12.5. The number of aromatic nitrogens is 2. The van der Waals surface area contributed by atoms with Gasteiger partial charge in [0.05, 0.1) is 11.4 Å². The molecule has 0 amide bonds. The van der Waals surface area contributed by atoms with Crippen molar-refractivity contribution in [3.8, 4) is 5.69 Å². The maximum atomic E-state index is 13.5. The monoisotopic (exact) mass is 355 g/mol. The van der Waals surface area contributed by atoms with E-state index in [1.54, 1.807) is 24.3 Å². The van der Waals surface area contributed by atoms with Gasteiger partial charge in [-0.2, -0.15) is 18.3 Å². The highest BCUT2D eigenvalue weighted by atomic mass is 19.4. The Hall–Kier alpha value is -2.86. The lowest BCUT2D eigenvalue weighted by Gasteiger charge is -2.20. The zero-order valence-electron chi connectivity index (χ0n) is 13.8. The molecule has 0 aliphatic carbocycles. The van der Waals surface area contributed by atoms with Crippen LogP contribution in [0.2, 0.25) is 0 Å². The van der Waals surface area contributed by atoms with E-state index in [1.165, 1.54) is 4.68 Å². The van der Waals surface area contributed by atoms with Crippen LogP contribution >= 0.6 is 0 Å². The lowest BCUT2D eigenvalue weighted by molar-refractivity contribution is -0.142. The van der Waals surface area contributed by atoms with Crippen LogP contribution in [0.15, 0.2) is 60.7 Å².